The number of anilines is 2. The second-order valence-corrected chi connectivity index (χ2v) is 6.24. The van der Waals surface area contributed by atoms with E-state index in [1.807, 2.05) is 77.2 Å². The van der Waals surface area contributed by atoms with Gasteiger partial charge in [-0.05, 0) is 18.6 Å². The Morgan fingerprint density at radius 1 is 1.08 bits per heavy atom. The third kappa shape index (κ3) is 2.81. The molecule has 26 heavy (non-hydrogen) atoms. The minimum Gasteiger partial charge on any atom is -0.297 e. The zero-order valence-corrected chi connectivity index (χ0v) is 15.2. The van der Waals surface area contributed by atoms with Crippen molar-refractivity contribution in [2.24, 2.45) is 7.05 Å². The van der Waals surface area contributed by atoms with Gasteiger partial charge in [0.25, 0.3) is 0 Å². The molecule has 0 aliphatic heterocycles. The van der Waals surface area contributed by atoms with Gasteiger partial charge in [-0.3, -0.25) is 9.58 Å². The average molecular weight is 347 g/mol. The van der Waals surface area contributed by atoms with Crippen LogP contribution in [-0.2, 0) is 13.5 Å². The van der Waals surface area contributed by atoms with Gasteiger partial charge in [-0.2, -0.15) is 5.10 Å². The van der Waals surface area contributed by atoms with Crippen molar-refractivity contribution in [3.63, 3.8) is 0 Å². The van der Waals surface area contributed by atoms with Crippen molar-refractivity contribution in [3.05, 3.63) is 54.5 Å². The molecule has 0 saturated carbocycles. The van der Waals surface area contributed by atoms with Crippen LogP contribution in [0.25, 0.3) is 16.7 Å². The second kappa shape index (κ2) is 6.59. The minimum atomic E-state index is 0.612. The van der Waals surface area contributed by atoms with E-state index in [2.05, 4.69) is 22.1 Å². The highest BCUT2D eigenvalue weighted by atomic mass is 15.4. The summed E-state index contributed by atoms with van der Waals surface area (Å²) in [6.45, 7) is 2.14. The molecule has 3 aromatic heterocycles. The molecule has 0 saturated heterocycles. The summed E-state index contributed by atoms with van der Waals surface area (Å²) >= 11 is 0. The van der Waals surface area contributed by atoms with Crippen LogP contribution < -0.4 is 4.90 Å². The maximum atomic E-state index is 4.76. The topological polar surface area (TPSA) is 64.7 Å². The van der Waals surface area contributed by atoms with E-state index < -0.39 is 0 Å². The van der Waals surface area contributed by atoms with Crippen LogP contribution in [0, 0.1) is 0 Å². The largest absolute Gasteiger partial charge is 0.297 e. The quantitative estimate of drug-likeness (QED) is 0.554. The Labute approximate surface area is 151 Å². The molecule has 0 aliphatic rings. The van der Waals surface area contributed by atoms with E-state index in [-0.39, 0.29) is 0 Å². The van der Waals surface area contributed by atoms with Crippen LogP contribution in [0.2, 0.25) is 0 Å². The fourth-order valence-corrected chi connectivity index (χ4v) is 2.98. The van der Waals surface area contributed by atoms with Crippen LogP contribution in [-0.4, -0.2) is 36.6 Å². The maximum absolute atomic E-state index is 4.76. The Bertz CT molecular complexity index is 1030. The number of hydrogen-bond acceptors (Lipinski definition) is 5. The number of fused-ring (bicyclic) bond motifs is 1. The predicted molar refractivity (Wildman–Crippen MR) is 102 cm³/mol. The SMILES string of the molecule is CCCc1nn(C)c2cnc(N(C)c3ccn(-c4ccccc4)n3)nc12. The van der Waals surface area contributed by atoms with Gasteiger partial charge in [0, 0.05) is 26.4 Å². The molecule has 0 atom stereocenters. The van der Waals surface area contributed by atoms with Crippen LogP contribution in [0.1, 0.15) is 19.0 Å². The molecule has 0 aliphatic carbocycles. The standard InChI is InChI=1S/C19H21N7/c1-4-8-15-18-16(25(3)22-15)13-20-19(21-18)24(2)17-11-12-26(23-17)14-9-6-5-7-10-14/h5-7,9-13H,4,8H2,1-3H3. The molecule has 0 unspecified atom stereocenters. The molecule has 1 aromatic carbocycles. The monoisotopic (exact) mass is 347 g/mol. The van der Waals surface area contributed by atoms with Crippen molar-refractivity contribution in [2.75, 3.05) is 11.9 Å². The molecule has 0 bridgehead atoms. The number of hydrogen-bond donors (Lipinski definition) is 0. The zero-order valence-electron chi connectivity index (χ0n) is 15.2. The first-order valence-corrected chi connectivity index (χ1v) is 8.71. The summed E-state index contributed by atoms with van der Waals surface area (Å²) in [6, 6.07) is 12.0. The lowest BCUT2D eigenvalue weighted by atomic mass is 10.2. The highest BCUT2D eigenvalue weighted by Gasteiger charge is 2.15. The number of benzene rings is 1. The van der Waals surface area contributed by atoms with Gasteiger partial charge in [0.2, 0.25) is 5.95 Å². The highest BCUT2D eigenvalue weighted by Crippen LogP contribution is 2.23. The van der Waals surface area contributed by atoms with Gasteiger partial charge < -0.3 is 0 Å². The summed E-state index contributed by atoms with van der Waals surface area (Å²) in [4.78, 5) is 11.1. The number of nitrogens with zero attached hydrogens (tertiary/aromatic N) is 7. The first-order valence-electron chi connectivity index (χ1n) is 8.71. The molecule has 0 fully saturated rings. The van der Waals surface area contributed by atoms with E-state index in [0.29, 0.717) is 5.95 Å². The van der Waals surface area contributed by atoms with Crippen LogP contribution >= 0.6 is 0 Å². The molecule has 0 N–H and O–H groups in total. The van der Waals surface area contributed by atoms with Crippen LogP contribution in [0.3, 0.4) is 0 Å². The molecule has 0 spiro atoms. The van der Waals surface area contributed by atoms with Crippen molar-refractivity contribution in [1.29, 1.82) is 0 Å². The normalized spacial score (nSPS) is 11.2. The van der Waals surface area contributed by atoms with Crippen LogP contribution in [0.15, 0.2) is 48.8 Å². The third-order valence-corrected chi connectivity index (χ3v) is 4.38. The van der Waals surface area contributed by atoms with E-state index in [9.17, 15) is 0 Å². The lowest BCUT2D eigenvalue weighted by Gasteiger charge is -2.13. The third-order valence-electron chi connectivity index (χ3n) is 4.38. The van der Waals surface area contributed by atoms with Gasteiger partial charge in [0.15, 0.2) is 5.82 Å². The summed E-state index contributed by atoms with van der Waals surface area (Å²) in [6.07, 6.45) is 5.70. The molecule has 132 valence electrons. The van der Waals surface area contributed by atoms with E-state index >= 15 is 0 Å². The number of aromatic nitrogens is 6. The maximum Gasteiger partial charge on any atom is 0.231 e. The average Bonchev–Trinajstić information content (AvgIpc) is 3.28. The van der Waals surface area contributed by atoms with Crippen LogP contribution in [0.4, 0.5) is 11.8 Å². The van der Waals surface area contributed by atoms with Crippen molar-refractivity contribution in [1.82, 2.24) is 29.5 Å². The molecular weight excluding hydrogens is 326 g/mol. The lowest BCUT2D eigenvalue weighted by molar-refractivity contribution is 0.752. The zero-order chi connectivity index (χ0) is 18.1. The minimum absolute atomic E-state index is 0.612. The van der Waals surface area contributed by atoms with Gasteiger partial charge in [0.05, 0.1) is 17.6 Å². The molecular formula is C19H21N7. The summed E-state index contributed by atoms with van der Waals surface area (Å²) in [5.74, 6) is 1.40. The van der Waals surface area contributed by atoms with Crippen molar-refractivity contribution in [2.45, 2.75) is 19.8 Å². The Morgan fingerprint density at radius 3 is 2.65 bits per heavy atom. The van der Waals surface area contributed by atoms with Gasteiger partial charge >= 0.3 is 0 Å². The van der Waals surface area contributed by atoms with Crippen molar-refractivity contribution < 1.29 is 0 Å². The fourth-order valence-electron chi connectivity index (χ4n) is 2.98. The van der Waals surface area contributed by atoms with Gasteiger partial charge in [-0.25, -0.2) is 14.6 Å². The fraction of sp³-hybridized carbons (Fsp3) is 0.263. The first-order chi connectivity index (χ1) is 12.7. The summed E-state index contributed by atoms with van der Waals surface area (Å²) in [5.41, 5.74) is 3.88. The molecule has 4 aromatic rings. The lowest BCUT2D eigenvalue weighted by Crippen LogP contribution is -2.14. The Balaban J connectivity index is 1.69. The van der Waals surface area contributed by atoms with Gasteiger partial charge in [-0.15, -0.1) is 5.10 Å². The first kappa shape index (κ1) is 16.3. The molecule has 0 radical (unpaired) electrons. The van der Waals surface area contributed by atoms with E-state index in [1.54, 1.807) is 0 Å². The molecule has 7 nitrogen and oxygen atoms in total. The number of rotatable bonds is 5. The van der Waals surface area contributed by atoms with E-state index in [0.717, 1.165) is 41.1 Å². The highest BCUT2D eigenvalue weighted by molar-refractivity contribution is 5.78. The second-order valence-electron chi connectivity index (χ2n) is 6.24. The predicted octanol–water partition coefficient (Wildman–Crippen LogP) is 3.27. The Morgan fingerprint density at radius 2 is 1.88 bits per heavy atom. The Kier molecular flexibility index (Phi) is 4.12. The van der Waals surface area contributed by atoms with E-state index in [1.165, 1.54) is 0 Å². The van der Waals surface area contributed by atoms with Crippen molar-refractivity contribution in [3.8, 4) is 5.69 Å². The Hall–Kier alpha value is -3.22. The van der Waals surface area contributed by atoms with Crippen molar-refractivity contribution >= 4 is 22.8 Å². The molecule has 3 heterocycles. The van der Waals surface area contributed by atoms with E-state index in [4.69, 9.17) is 4.98 Å². The summed E-state index contributed by atoms with van der Waals surface area (Å²) in [7, 11) is 3.85. The number of aryl methyl sites for hydroxylation is 2. The summed E-state index contributed by atoms with van der Waals surface area (Å²) < 4.78 is 3.69. The van der Waals surface area contributed by atoms with Crippen LogP contribution in [0.5, 0.6) is 0 Å². The molecule has 7 heteroatoms. The number of para-hydroxylation sites is 1. The smallest absolute Gasteiger partial charge is 0.231 e. The molecule has 4 rings (SSSR count). The summed E-state index contributed by atoms with van der Waals surface area (Å²) in [5, 5.41) is 9.21. The van der Waals surface area contributed by atoms with Gasteiger partial charge in [-0.1, -0.05) is 31.5 Å². The molecule has 0 amide bonds. The van der Waals surface area contributed by atoms with Gasteiger partial charge in [0.1, 0.15) is 11.0 Å².